The first-order valence-corrected chi connectivity index (χ1v) is 26.1. The predicted octanol–water partition coefficient (Wildman–Crippen LogP) is 21.0. The van der Waals surface area contributed by atoms with Gasteiger partial charge in [0, 0.05) is 22.3 Å². The Labute approximate surface area is 442 Å². The molecule has 0 saturated heterocycles. The molecule has 14 aromatic rings. The van der Waals surface area contributed by atoms with E-state index in [1.54, 1.807) is 0 Å². The lowest BCUT2D eigenvalue weighted by molar-refractivity contribution is 0.670. The van der Waals surface area contributed by atoms with Gasteiger partial charge < -0.3 is 9.32 Å². The van der Waals surface area contributed by atoms with Crippen LogP contribution in [0.3, 0.4) is 0 Å². The molecular weight excluding hydrogens is 919 g/mol. The average Bonchev–Trinajstić information content (AvgIpc) is 3.93. The highest BCUT2D eigenvalue weighted by molar-refractivity contribution is 6.18. The lowest BCUT2D eigenvalue weighted by atomic mass is 9.87. The van der Waals surface area contributed by atoms with Crippen molar-refractivity contribution in [2.24, 2.45) is 0 Å². The molecule has 1 aromatic heterocycles. The van der Waals surface area contributed by atoms with Crippen molar-refractivity contribution in [3.8, 4) is 77.9 Å². The fourth-order valence-electron chi connectivity index (χ4n) is 11.3. The van der Waals surface area contributed by atoms with E-state index in [2.05, 4.69) is 302 Å². The third-order valence-corrected chi connectivity index (χ3v) is 15.1. The van der Waals surface area contributed by atoms with Gasteiger partial charge in [0.05, 0.1) is 11.1 Å². The average molecular weight is 968 g/mol. The normalized spacial score (nSPS) is 11.4. The molecule has 0 fully saturated rings. The van der Waals surface area contributed by atoms with Crippen LogP contribution in [-0.4, -0.2) is 0 Å². The van der Waals surface area contributed by atoms with Gasteiger partial charge in [0.1, 0.15) is 11.2 Å². The molecule has 0 atom stereocenters. The monoisotopic (exact) mass is 967 g/mol. The van der Waals surface area contributed by atoms with E-state index in [1.165, 1.54) is 77.2 Å². The van der Waals surface area contributed by atoms with Crippen molar-refractivity contribution < 1.29 is 4.42 Å². The molecule has 0 aliphatic carbocycles. The number of hydrogen-bond donors (Lipinski definition) is 0. The third kappa shape index (κ3) is 8.10. The summed E-state index contributed by atoms with van der Waals surface area (Å²) < 4.78 is 6.97. The van der Waals surface area contributed by atoms with Gasteiger partial charge in [-0.2, -0.15) is 0 Å². The Morgan fingerprint density at radius 3 is 1.43 bits per heavy atom. The van der Waals surface area contributed by atoms with Gasteiger partial charge in [-0.25, -0.2) is 0 Å². The van der Waals surface area contributed by atoms with Gasteiger partial charge in [-0.15, -0.1) is 0 Å². The molecule has 13 aromatic carbocycles. The summed E-state index contributed by atoms with van der Waals surface area (Å²) in [5.74, 6) is 0. The summed E-state index contributed by atoms with van der Waals surface area (Å²) in [4.78, 5) is 2.40. The number of anilines is 3. The molecular formula is C74H49NO. The molecule has 0 unspecified atom stereocenters. The second kappa shape index (κ2) is 19.1. The van der Waals surface area contributed by atoms with Crippen LogP contribution in [0.4, 0.5) is 17.1 Å². The van der Waals surface area contributed by atoms with Gasteiger partial charge in [-0.05, 0) is 148 Å². The predicted molar refractivity (Wildman–Crippen MR) is 321 cm³/mol. The maximum absolute atomic E-state index is 6.97. The molecule has 0 N–H and O–H groups in total. The van der Waals surface area contributed by atoms with Gasteiger partial charge in [0.2, 0.25) is 0 Å². The van der Waals surface area contributed by atoms with E-state index in [9.17, 15) is 0 Å². The van der Waals surface area contributed by atoms with E-state index in [-0.39, 0.29) is 0 Å². The molecule has 1 heterocycles. The Bertz CT molecular complexity index is 4420. The molecule has 0 amide bonds. The number of rotatable bonds is 10. The Kier molecular flexibility index (Phi) is 11.2. The summed E-state index contributed by atoms with van der Waals surface area (Å²) in [7, 11) is 0. The van der Waals surface area contributed by atoms with Crippen LogP contribution < -0.4 is 4.90 Å². The fourth-order valence-corrected chi connectivity index (χ4v) is 11.3. The fraction of sp³-hybridized carbons (Fsp3) is 0. The number of benzene rings is 13. The van der Waals surface area contributed by atoms with E-state index in [0.29, 0.717) is 0 Å². The molecule has 0 radical (unpaired) electrons. The number of nitrogens with zero attached hydrogens (tertiary/aromatic N) is 1. The van der Waals surface area contributed by atoms with Crippen LogP contribution in [0.1, 0.15) is 0 Å². The number of hydrogen-bond acceptors (Lipinski definition) is 2. The maximum Gasteiger partial charge on any atom is 0.145 e. The van der Waals surface area contributed by atoms with Crippen LogP contribution >= 0.6 is 0 Å². The SMILES string of the molecule is c1ccc(-c2ccc(-c3ccccc3-c3ccc(N(c4ccc(-c5ccc(-c6ccc7ccccc7c6)cc5)cc4)c4ccc(-c5cccc6ccccc56)c5oc6ccccc6c45)cc3)c(-c3ccccc3)c2)cc1. The van der Waals surface area contributed by atoms with Crippen LogP contribution in [0.5, 0.6) is 0 Å². The second-order valence-corrected chi connectivity index (χ2v) is 19.6. The molecule has 0 bridgehead atoms. The molecule has 14 rings (SSSR count). The van der Waals surface area contributed by atoms with Crippen LogP contribution in [0.2, 0.25) is 0 Å². The first kappa shape index (κ1) is 44.7. The third-order valence-electron chi connectivity index (χ3n) is 15.1. The largest absolute Gasteiger partial charge is 0.455 e. The minimum Gasteiger partial charge on any atom is -0.455 e. The summed E-state index contributed by atoms with van der Waals surface area (Å²) in [6, 6.07) is 108. The summed E-state index contributed by atoms with van der Waals surface area (Å²) in [6.07, 6.45) is 0. The van der Waals surface area contributed by atoms with Gasteiger partial charge in [-0.3, -0.25) is 0 Å². The molecule has 0 aliphatic heterocycles. The van der Waals surface area contributed by atoms with Crippen molar-refractivity contribution in [2.75, 3.05) is 4.90 Å². The zero-order valence-corrected chi connectivity index (χ0v) is 41.6. The number of fused-ring (bicyclic) bond motifs is 5. The Balaban J connectivity index is 0.894. The number of furan rings is 1. The van der Waals surface area contributed by atoms with E-state index < -0.39 is 0 Å². The zero-order valence-electron chi connectivity index (χ0n) is 41.6. The Hall–Kier alpha value is -10.0. The summed E-state index contributed by atoms with van der Waals surface area (Å²) >= 11 is 0. The molecule has 356 valence electrons. The van der Waals surface area contributed by atoms with Gasteiger partial charge in [-0.1, -0.05) is 243 Å². The summed E-state index contributed by atoms with van der Waals surface area (Å²) in [5, 5.41) is 7.02. The first-order valence-electron chi connectivity index (χ1n) is 26.1. The van der Waals surface area contributed by atoms with Crippen molar-refractivity contribution >= 4 is 60.5 Å². The second-order valence-electron chi connectivity index (χ2n) is 19.6. The Morgan fingerprint density at radius 1 is 0.237 bits per heavy atom. The van der Waals surface area contributed by atoms with Crippen molar-refractivity contribution in [2.45, 2.75) is 0 Å². The van der Waals surface area contributed by atoms with Crippen LogP contribution in [-0.2, 0) is 0 Å². The molecule has 0 spiro atoms. The maximum atomic E-state index is 6.97. The van der Waals surface area contributed by atoms with E-state index in [4.69, 9.17) is 4.42 Å². The highest BCUT2D eigenvalue weighted by Crippen LogP contribution is 2.48. The van der Waals surface area contributed by atoms with Gasteiger partial charge in [0.25, 0.3) is 0 Å². The van der Waals surface area contributed by atoms with Crippen LogP contribution in [0, 0.1) is 0 Å². The molecule has 2 nitrogen and oxygen atoms in total. The lowest BCUT2D eigenvalue weighted by Gasteiger charge is -2.27. The molecule has 76 heavy (non-hydrogen) atoms. The van der Waals surface area contributed by atoms with E-state index in [0.717, 1.165) is 61.3 Å². The van der Waals surface area contributed by atoms with Crippen molar-refractivity contribution in [1.29, 1.82) is 0 Å². The van der Waals surface area contributed by atoms with Crippen LogP contribution in [0.25, 0.3) is 121 Å². The first-order chi connectivity index (χ1) is 37.7. The van der Waals surface area contributed by atoms with Crippen molar-refractivity contribution in [3.05, 3.63) is 297 Å². The molecule has 0 saturated carbocycles. The Morgan fingerprint density at radius 2 is 0.697 bits per heavy atom. The van der Waals surface area contributed by atoms with E-state index in [1.807, 2.05) is 0 Å². The minimum atomic E-state index is 0.854. The standard InChI is InChI=1S/C74H49NO/c1-3-16-50(17-4-1)60-40-45-67(70(49-60)56-19-5-2-6-20-56)65-26-12-11-25-64(65)57-38-43-62(44-39-57)75(61-41-36-53(37-42-61)52-30-32-54(33-31-52)59-35-34-51-18-7-8-22-58(51)48-59)71-47-46-68(66-28-15-23-55-21-9-10-24-63(55)66)74-73(71)69-27-13-14-29-72(69)76-74/h1-49H. The van der Waals surface area contributed by atoms with Crippen LogP contribution in [0.15, 0.2) is 302 Å². The zero-order chi connectivity index (χ0) is 50.4. The summed E-state index contributed by atoms with van der Waals surface area (Å²) in [5.41, 5.74) is 21.2. The molecule has 2 heteroatoms. The highest BCUT2D eigenvalue weighted by Gasteiger charge is 2.24. The topological polar surface area (TPSA) is 16.4 Å². The van der Waals surface area contributed by atoms with Gasteiger partial charge in [0.15, 0.2) is 0 Å². The lowest BCUT2D eigenvalue weighted by Crippen LogP contribution is -2.10. The molecule has 0 aliphatic rings. The number of para-hydroxylation sites is 1. The van der Waals surface area contributed by atoms with E-state index >= 15 is 0 Å². The van der Waals surface area contributed by atoms with Crippen molar-refractivity contribution in [3.63, 3.8) is 0 Å². The van der Waals surface area contributed by atoms with Gasteiger partial charge >= 0.3 is 0 Å². The quantitative estimate of drug-likeness (QED) is 0.136. The minimum absolute atomic E-state index is 0.854. The van der Waals surface area contributed by atoms with Crippen molar-refractivity contribution in [1.82, 2.24) is 0 Å². The highest BCUT2D eigenvalue weighted by atomic mass is 16.3. The smallest absolute Gasteiger partial charge is 0.145 e. The summed E-state index contributed by atoms with van der Waals surface area (Å²) in [6.45, 7) is 0.